The number of aromatic nitrogens is 4. The van der Waals surface area contributed by atoms with Crippen molar-refractivity contribution in [1.82, 2.24) is 29.0 Å². The lowest BCUT2D eigenvalue weighted by Crippen LogP contribution is -2.46. The molecule has 0 atom stereocenters. The second-order valence-corrected chi connectivity index (χ2v) is 8.75. The van der Waals surface area contributed by atoms with Gasteiger partial charge < -0.3 is 0 Å². The molecule has 1 aliphatic heterocycles. The van der Waals surface area contributed by atoms with Crippen LogP contribution in [0, 0.1) is 18.6 Å². The van der Waals surface area contributed by atoms with E-state index in [1.807, 2.05) is 22.1 Å². The van der Waals surface area contributed by atoms with E-state index in [9.17, 15) is 0 Å². The van der Waals surface area contributed by atoms with Crippen molar-refractivity contribution < 1.29 is 0 Å². The summed E-state index contributed by atoms with van der Waals surface area (Å²) in [6, 6.07) is 11.1. The van der Waals surface area contributed by atoms with E-state index in [-0.39, 0.29) is 0 Å². The highest BCUT2D eigenvalue weighted by Gasteiger charge is 2.19. The molecule has 1 aromatic carbocycles. The Morgan fingerprint density at radius 2 is 1.66 bits per heavy atom. The third kappa shape index (κ3) is 4.42. The average Bonchev–Trinajstić information content (AvgIpc) is 2.99. The molecule has 0 unspecified atom stereocenters. The minimum atomic E-state index is 0.585. The summed E-state index contributed by atoms with van der Waals surface area (Å²) < 4.78 is 4.58. The molecule has 0 radical (unpaired) electrons. The zero-order valence-electron chi connectivity index (χ0n) is 17.8. The highest BCUT2D eigenvalue weighted by molar-refractivity contribution is 7.71. The largest absolute Gasteiger partial charge is 0.297 e. The van der Waals surface area contributed by atoms with E-state index in [1.54, 1.807) is 0 Å². The van der Waals surface area contributed by atoms with Crippen LogP contribution in [0.4, 0.5) is 0 Å². The number of piperazine rings is 1. The summed E-state index contributed by atoms with van der Waals surface area (Å²) in [6.07, 6.45) is 0. The van der Waals surface area contributed by atoms with Crippen LogP contribution in [0.25, 0.3) is 5.78 Å². The minimum Gasteiger partial charge on any atom is -0.297 e. The molecule has 1 fully saturated rings. The molecule has 4 rings (SSSR count). The first-order valence-electron chi connectivity index (χ1n) is 10.4. The Balaban J connectivity index is 1.37. The molecule has 0 amide bonds. The van der Waals surface area contributed by atoms with Crippen molar-refractivity contribution in [2.75, 3.05) is 26.2 Å². The highest BCUT2D eigenvalue weighted by atomic mass is 32.1. The van der Waals surface area contributed by atoms with Gasteiger partial charge in [0.2, 0.25) is 4.77 Å². The quantitative estimate of drug-likeness (QED) is 0.599. The number of fused-ring (bicyclic) bond motifs is 1. The average molecular weight is 411 g/mol. The van der Waals surface area contributed by atoms with Crippen molar-refractivity contribution in [3.05, 3.63) is 57.6 Å². The van der Waals surface area contributed by atoms with E-state index in [0.717, 1.165) is 55.6 Å². The number of aryl methyl sites for hydroxylation is 2. The molecule has 29 heavy (non-hydrogen) atoms. The number of benzene rings is 1. The Hall–Kier alpha value is -2.09. The molecule has 0 N–H and O–H groups in total. The monoisotopic (exact) mass is 410 g/mol. The maximum atomic E-state index is 5.65. The van der Waals surface area contributed by atoms with E-state index in [0.29, 0.717) is 11.7 Å². The van der Waals surface area contributed by atoms with Gasteiger partial charge in [-0.1, -0.05) is 38.1 Å². The second-order valence-electron chi connectivity index (χ2n) is 8.39. The van der Waals surface area contributed by atoms with Crippen LogP contribution in [0.1, 0.15) is 42.3 Å². The molecule has 0 bridgehead atoms. The second kappa shape index (κ2) is 8.34. The van der Waals surface area contributed by atoms with Crippen LogP contribution >= 0.6 is 12.2 Å². The maximum absolute atomic E-state index is 5.65. The van der Waals surface area contributed by atoms with Crippen LogP contribution in [0.3, 0.4) is 0 Å². The molecule has 1 aliphatic rings. The van der Waals surface area contributed by atoms with Crippen molar-refractivity contribution in [3.63, 3.8) is 0 Å². The van der Waals surface area contributed by atoms with Crippen molar-refractivity contribution in [1.29, 1.82) is 0 Å². The Bertz CT molecular complexity index is 1040. The lowest BCUT2D eigenvalue weighted by Gasteiger charge is -2.34. The fourth-order valence-corrected chi connectivity index (χ4v) is 4.29. The van der Waals surface area contributed by atoms with Crippen LogP contribution in [-0.4, -0.2) is 55.1 Å². The minimum absolute atomic E-state index is 0.585. The first-order valence-corrected chi connectivity index (χ1v) is 10.8. The van der Waals surface area contributed by atoms with Gasteiger partial charge in [0.1, 0.15) is 0 Å². The smallest absolute Gasteiger partial charge is 0.254 e. The van der Waals surface area contributed by atoms with E-state index < -0.39 is 0 Å². The van der Waals surface area contributed by atoms with E-state index in [1.165, 1.54) is 11.1 Å². The van der Waals surface area contributed by atoms with Gasteiger partial charge in [-0.25, -0.2) is 9.67 Å². The third-order valence-electron chi connectivity index (χ3n) is 5.72. The van der Waals surface area contributed by atoms with Crippen molar-refractivity contribution in [2.45, 2.75) is 46.8 Å². The van der Waals surface area contributed by atoms with Crippen molar-refractivity contribution in [2.24, 2.45) is 0 Å². The van der Waals surface area contributed by atoms with Gasteiger partial charge in [0.15, 0.2) is 0 Å². The molecule has 3 heterocycles. The predicted molar refractivity (Wildman–Crippen MR) is 119 cm³/mol. The predicted octanol–water partition coefficient (Wildman–Crippen LogP) is 3.78. The van der Waals surface area contributed by atoms with Crippen LogP contribution in [-0.2, 0) is 13.2 Å². The molecule has 154 valence electrons. The normalized spacial score (nSPS) is 16.2. The third-order valence-corrected chi connectivity index (χ3v) is 6.11. The Kier molecular flexibility index (Phi) is 5.81. The van der Waals surface area contributed by atoms with Gasteiger partial charge in [0.25, 0.3) is 5.78 Å². The van der Waals surface area contributed by atoms with Gasteiger partial charge in [-0.05, 0) is 49.2 Å². The topological polar surface area (TPSA) is 41.6 Å². The lowest BCUT2D eigenvalue weighted by atomic mass is 10.0. The summed E-state index contributed by atoms with van der Waals surface area (Å²) in [7, 11) is 0. The number of rotatable bonds is 5. The number of nitrogens with zero attached hydrogens (tertiary/aromatic N) is 6. The van der Waals surface area contributed by atoms with E-state index in [2.05, 4.69) is 64.9 Å². The summed E-state index contributed by atoms with van der Waals surface area (Å²) in [5, 5.41) is 4.65. The van der Waals surface area contributed by atoms with Gasteiger partial charge in [0.05, 0.1) is 6.67 Å². The Morgan fingerprint density at radius 3 is 2.31 bits per heavy atom. The molecule has 7 heteroatoms. The van der Waals surface area contributed by atoms with Crippen LogP contribution in [0.2, 0.25) is 0 Å². The molecule has 0 aliphatic carbocycles. The van der Waals surface area contributed by atoms with Gasteiger partial charge in [0, 0.05) is 44.1 Å². The number of hydrogen-bond acceptors (Lipinski definition) is 5. The summed E-state index contributed by atoms with van der Waals surface area (Å²) >= 11 is 5.65. The summed E-state index contributed by atoms with van der Waals surface area (Å²) in [5.41, 5.74) is 4.85. The van der Waals surface area contributed by atoms with Gasteiger partial charge in [-0.3, -0.25) is 14.2 Å². The zero-order chi connectivity index (χ0) is 20.5. The summed E-state index contributed by atoms with van der Waals surface area (Å²) in [6.45, 7) is 14.4. The van der Waals surface area contributed by atoms with Gasteiger partial charge >= 0.3 is 0 Å². The summed E-state index contributed by atoms with van der Waals surface area (Å²) in [5.74, 6) is 1.28. The highest BCUT2D eigenvalue weighted by Crippen LogP contribution is 2.16. The molecule has 3 aromatic rings. The van der Waals surface area contributed by atoms with Crippen LogP contribution < -0.4 is 0 Å². The van der Waals surface area contributed by atoms with E-state index >= 15 is 0 Å². The molecule has 1 saturated heterocycles. The molecular formula is C22H30N6S. The fraction of sp³-hybridized carbons (Fsp3) is 0.500. The van der Waals surface area contributed by atoms with E-state index in [4.69, 9.17) is 12.2 Å². The van der Waals surface area contributed by atoms with Crippen LogP contribution in [0.5, 0.6) is 0 Å². The van der Waals surface area contributed by atoms with Gasteiger partial charge in [-0.2, -0.15) is 0 Å². The Morgan fingerprint density at radius 1 is 1.00 bits per heavy atom. The zero-order valence-corrected chi connectivity index (χ0v) is 18.6. The Labute approximate surface area is 177 Å². The molecule has 0 saturated carbocycles. The van der Waals surface area contributed by atoms with Crippen LogP contribution in [0.15, 0.2) is 30.3 Å². The molecule has 2 aromatic heterocycles. The number of hydrogen-bond donors (Lipinski definition) is 0. The van der Waals surface area contributed by atoms with Gasteiger partial charge in [-0.15, -0.1) is 5.10 Å². The van der Waals surface area contributed by atoms with Crippen molar-refractivity contribution >= 4 is 18.0 Å². The lowest BCUT2D eigenvalue weighted by molar-refractivity contribution is 0.0982. The fourth-order valence-electron chi connectivity index (χ4n) is 3.97. The maximum Gasteiger partial charge on any atom is 0.254 e. The first kappa shape index (κ1) is 20.2. The molecule has 6 nitrogen and oxygen atoms in total. The summed E-state index contributed by atoms with van der Waals surface area (Å²) in [4.78, 5) is 9.47. The first-order chi connectivity index (χ1) is 13.9. The van der Waals surface area contributed by atoms with Crippen molar-refractivity contribution in [3.8, 4) is 0 Å². The molecular weight excluding hydrogens is 380 g/mol. The standard InChI is InChI=1S/C22H30N6S/c1-16(2)20-7-5-19(6-8-20)14-25-9-11-26(12-10-25)15-27-22(29)28-18(4)13-17(3)23-21(28)24-27/h5-8,13,16H,9-12,14-15H2,1-4H3. The SMILES string of the molecule is Cc1cc(C)n2c(=S)n(CN3CCN(Cc4ccc(C(C)C)cc4)CC3)nc2n1. The molecule has 0 spiro atoms.